The van der Waals surface area contributed by atoms with Crippen molar-refractivity contribution in [1.29, 1.82) is 0 Å². The van der Waals surface area contributed by atoms with Gasteiger partial charge in [-0.3, -0.25) is 9.10 Å². The average molecular weight is 566 g/mol. The molecule has 0 spiro atoms. The predicted molar refractivity (Wildman–Crippen MR) is 153 cm³/mol. The van der Waals surface area contributed by atoms with E-state index in [0.29, 0.717) is 46.8 Å². The molecular formula is C30H32FN3O5S. The van der Waals surface area contributed by atoms with Crippen LogP contribution in [0.25, 0.3) is 22.4 Å². The fraction of sp³-hybridized carbons (Fsp3) is 0.333. The fourth-order valence-electron chi connectivity index (χ4n) is 4.74. The zero-order valence-electron chi connectivity index (χ0n) is 22.7. The Morgan fingerprint density at radius 1 is 1.15 bits per heavy atom. The lowest BCUT2D eigenvalue weighted by atomic mass is 10.0. The van der Waals surface area contributed by atoms with Gasteiger partial charge in [-0.05, 0) is 73.2 Å². The molecule has 5 rings (SSSR count). The number of amides is 1. The van der Waals surface area contributed by atoms with Crippen LogP contribution >= 0.6 is 0 Å². The van der Waals surface area contributed by atoms with E-state index < -0.39 is 15.8 Å². The number of fused-ring (bicyclic) bond motifs is 1. The van der Waals surface area contributed by atoms with E-state index >= 15 is 0 Å². The van der Waals surface area contributed by atoms with E-state index in [1.54, 1.807) is 43.4 Å². The number of nitrogens with zero attached hydrogens (tertiary/aromatic N) is 2. The molecule has 1 aliphatic rings. The molecule has 0 saturated heterocycles. The molecule has 0 unspecified atom stereocenters. The maximum atomic E-state index is 14.0. The van der Waals surface area contributed by atoms with Crippen molar-refractivity contribution in [2.24, 2.45) is 0 Å². The molecular weight excluding hydrogens is 533 g/mol. The average Bonchev–Trinajstić information content (AvgIpc) is 3.71. The summed E-state index contributed by atoms with van der Waals surface area (Å²) in [6.07, 6.45) is 5.61. The highest BCUT2D eigenvalue weighted by atomic mass is 32.2. The topological polar surface area (TPSA) is 102 Å². The summed E-state index contributed by atoms with van der Waals surface area (Å²) < 4.78 is 52.9. The van der Waals surface area contributed by atoms with Crippen molar-refractivity contribution in [3.63, 3.8) is 0 Å². The van der Waals surface area contributed by atoms with E-state index in [1.165, 1.54) is 22.7 Å². The largest absolute Gasteiger partial charge is 0.454 e. The van der Waals surface area contributed by atoms with Gasteiger partial charge in [-0.15, -0.1) is 0 Å². The molecule has 210 valence electrons. The first-order valence-electron chi connectivity index (χ1n) is 13.4. The summed E-state index contributed by atoms with van der Waals surface area (Å²) in [5, 5.41) is 3.20. The highest BCUT2D eigenvalue weighted by Crippen LogP contribution is 2.47. The number of hydrogen-bond donors (Lipinski definition) is 1. The Hall–Kier alpha value is -3.92. The third-order valence-electron chi connectivity index (χ3n) is 6.94. The van der Waals surface area contributed by atoms with E-state index in [9.17, 15) is 17.6 Å². The smallest absolute Gasteiger partial charge is 0.255 e. The first kappa shape index (κ1) is 27.6. The number of para-hydroxylation sites is 1. The van der Waals surface area contributed by atoms with E-state index in [2.05, 4.69) is 12.2 Å². The minimum Gasteiger partial charge on any atom is -0.454 e. The van der Waals surface area contributed by atoms with Gasteiger partial charge in [-0.25, -0.2) is 12.8 Å². The molecule has 2 aromatic heterocycles. The van der Waals surface area contributed by atoms with Gasteiger partial charge in [0, 0.05) is 19.2 Å². The number of furan rings is 1. The standard InChI is InChI=1S/C30H32FN3O5S/c1-4-5-8-17-34(40(3,36)37)28-22(19-11-12-19)18-23-26(29(35)32-2)27(39-30(23)33-28)20-13-15-21(16-14-20)38-25-10-7-6-9-24(25)31/h6-7,9-10,13-16,18-19H,4-5,8,11-12,17H2,1-3H3,(H,32,35). The Kier molecular flexibility index (Phi) is 7.80. The number of benzene rings is 2. The lowest BCUT2D eigenvalue weighted by Gasteiger charge is -2.23. The molecule has 1 saturated carbocycles. The molecule has 10 heteroatoms. The Morgan fingerprint density at radius 2 is 1.88 bits per heavy atom. The van der Waals surface area contributed by atoms with Gasteiger partial charge in [0.25, 0.3) is 5.91 Å². The number of pyridine rings is 1. The van der Waals surface area contributed by atoms with E-state index in [4.69, 9.17) is 14.1 Å². The quantitative estimate of drug-likeness (QED) is 0.205. The molecule has 1 fully saturated rings. The molecule has 0 atom stereocenters. The van der Waals surface area contributed by atoms with Gasteiger partial charge in [0.1, 0.15) is 17.3 Å². The molecule has 1 amide bonds. The monoisotopic (exact) mass is 565 g/mol. The van der Waals surface area contributed by atoms with Crippen molar-refractivity contribution in [2.75, 3.05) is 24.2 Å². The van der Waals surface area contributed by atoms with Crippen molar-refractivity contribution in [3.8, 4) is 22.8 Å². The van der Waals surface area contributed by atoms with Crippen molar-refractivity contribution < 1.29 is 26.8 Å². The molecule has 2 aromatic carbocycles. The van der Waals surface area contributed by atoms with Crippen LogP contribution in [-0.4, -0.2) is 39.2 Å². The summed E-state index contributed by atoms with van der Waals surface area (Å²) in [7, 11) is -2.06. The Bertz CT molecular complexity index is 1650. The van der Waals surface area contributed by atoms with Crippen LogP contribution in [-0.2, 0) is 10.0 Å². The number of ether oxygens (including phenoxy) is 1. The van der Waals surface area contributed by atoms with Crippen LogP contribution in [0.15, 0.2) is 59.0 Å². The number of aromatic nitrogens is 1. The van der Waals surface area contributed by atoms with Gasteiger partial charge in [0.05, 0.1) is 17.2 Å². The highest BCUT2D eigenvalue weighted by molar-refractivity contribution is 7.92. The van der Waals surface area contributed by atoms with E-state index in [1.807, 2.05) is 6.07 Å². The molecule has 8 nitrogen and oxygen atoms in total. The second-order valence-corrected chi connectivity index (χ2v) is 11.9. The van der Waals surface area contributed by atoms with Crippen molar-refractivity contribution >= 4 is 32.8 Å². The minimum absolute atomic E-state index is 0.101. The van der Waals surface area contributed by atoms with E-state index in [0.717, 1.165) is 31.2 Å². The Morgan fingerprint density at radius 3 is 2.50 bits per heavy atom. The van der Waals surface area contributed by atoms with Crippen LogP contribution in [0, 0.1) is 5.82 Å². The first-order chi connectivity index (χ1) is 19.2. The second kappa shape index (κ2) is 11.3. The van der Waals surface area contributed by atoms with Gasteiger partial charge in [0.2, 0.25) is 15.7 Å². The SMILES string of the molecule is CCCCCN(c1nc2oc(-c3ccc(Oc4ccccc4F)cc3)c(C(=O)NC)c2cc1C1CC1)S(C)(=O)=O. The van der Waals surface area contributed by atoms with Gasteiger partial charge in [0.15, 0.2) is 11.6 Å². The van der Waals surface area contributed by atoms with Gasteiger partial charge < -0.3 is 14.5 Å². The Balaban J connectivity index is 1.60. The number of unbranched alkanes of at least 4 members (excludes halogenated alkanes) is 2. The maximum Gasteiger partial charge on any atom is 0.255 e. The van der Waals surface area contributed by atoms with Crippen LogP contribution in [0.5, 0.6) is 11.5 Å². The molecule has 40 heavy (non-hydrogen) atoms. The lowest BCUT2D eigenvalue weighted by Crippen LogP contribution is -2.32. The molecule has 4 aromatic rings. The zero-order valence-corrected chi connectivity index (χ0v) is 23.6. The van der Waals surface area contributed by atoms with Gasteiger partial charge in [-0.2, -0.15) is 4.98 Å². The summed E-state index contributed by atoms with van der Waals surface area (Å²) >= 11 is 0. The summed E-state index contributed by atoms with van der Waals surface area (Å²) in [4.78, 5) is 17.8. The number of halogens is 1. The number of rotatable bonds is 11. The highest BCUT2D eigenvalue weighted by Gasteiger charge is 2.34. The minimum atomic E-state index is -3.60. The van der Waals surface area contributed by atoms with Crippen LogP contribution in [0.4, 0.5) is 10.2 Å². The van der Waals surface area contributed by atoms with Crippen LogP contribution in [0.1, 0.15) is 60.9 Å². The number of nitrogens with one attached hydrogen (secondary N) is 1. The number of carbonyl (C=O) groups excluding carboxylic acids is 1. The second-order valence-electron chi connectivity index (χ2n) is 10.0. The molecule has 1 N–H and O–H groups in total. The third kappa shape index (κ3) is 5.67. The molecule has 2 heterocycles. The van der Waals surface area contributed by atoms with Gasteiger partial charge >= 0.3 is 0 Å². The van der Waals surface area contributed by atoms with Crippen LogP contribution < -0.4 is 14.4 Å². The zero-order chi connectivity index (χ0) is 28.4. The number of hydrogen-bond acceptors (Lipinski definition) is 6. The molecule has 1 aliphatic carbocycles. The summed E-state index contributed by atoms with van der Waals surface area (Å²) in [6, 6.07) is 14.7. The molecule has 0 aliphatic heterocycles. The van der Waals surface area contributed by atoms with Crippen LogP contribution in [0.2, 0.25) is 0 Å². The fourth-order valence-corrected chi connectivity index (χ4v) is 5.66. The first-order valence-corrected chi connectivity index (χ1v) is 15.3. The van der Waals surface area contributed by atoms with Crippen LogP contribution in [0.3, 0.4) is 0 Å². The third-order valence-corrected chi connectivity index (χ3v) is 8.10. The lowest BCUT2D eigenvalue weighted by molar-refractivity contribution is 0.0964. The summed E-state index contributed by atoms with van der Waals surface area (Å²) in [5.74, 6) is 0.535. The number of anilines is 1. The normalized spacial score (nSPS) is 13.4. The van der Waals surface area contributed by atoms with Gasteiger partial charge in [-0.1, -0.05) is 31.9 Å². The molecule has 0 radical (unpaired) electrons. The summed E-state index contributed by atoms with van der Waals surface area (Å²) in [6.45, 7) is 2.39. The number of sulfonamides is 1. The number of carbonyl (C=O) groups is 1. The predicted octanol–water partition coefficient (Wildman–Crippen LogP) is 6.62. The Labute approximate surface area is 233 Å². The molecule has 0 bridgehead atoms. The summed E-state index contributed by atoms with van der Waals surface area (Å²) in [5.41, 5.74) is 1.90. The van der Waals surface area contributed by atoms with Crippen molar-refractivity contribution in [1.82, 2.24) is 10.3 Å². The van der Waals surface area contributed by atoms with Crippen molar-refractivity contribution in [3.05, 3.63) is 71.5 Å². The van der Waals surface area contributed by atoms with Crippen molar-refractivity contribution in [2.45, 2.75) is 44.9 Å². The maximum absolute atomic E-state index is 14.0. The van der Waals surface area contributed by atoms with E-state index in [-0.39, 0.29) is 23.3 Å².